The molecule has 0 aliphatic carbocycles. The molecule has 0 amide bonds. The zero-order chi connectivity index (χ0) is 14.4. The first kappa shape index (κ1) is 13.9. The van der Waals surface area contributed by atoms with Crippen molar-refractivity contribution in [1.29, 1.82) is 0 Å². The number of nitrogens with zero attached hydrogens (tertiary/aromatic N) is 1. The smallest absolute Gasteiger partial charge is 0.308 e. The van der Waals surface area contributed by atoms with Crippen LogP contribution in [0.15, 0.2) is 6.07 Å². The second kappa shape index (κ2) is 4.55. The van der Waals surface area contributed by atoms with Crippen LogP contribution >= 0.6 is 0 Å². The zero-order valence-corrected chi connectivity index (χ0v) is 12.8. The number of esters is 1. The molecule has 3 nitrogen and oxygen atoms in total. The first-order chi connectivity index (χ1) is 8.71. The Kier molecular flexibility index (Phi) is 3.33. The second-order valence-electron chi connectivity index (χ2n) is 6.39. The summed E-state index contributed by atoms with van der Waals surface area (Å²) in [6, 6.07) is 2.19. The summed E-state index contributed by atoms with van der Waals surface area (Å²) in [6.45, 7) is 11.0. The van der Waals surface area contributed by atoms with Gasteiger partial charge in [0.1, 0.15) is 5.75 Å². The van der Waals surface area contributed by atoms with E-state index in [1.807, 2.05) is 0 Å². The highest BCUT2D eigenvalue weighted by Crippen LogP contribution is 2.42. The van der Waals surface area contributed by atoms with Gasteiger partial charge in [0.15, 0.2) is 0 Å². The lowest BCUT2D eigenvalue weighted by Crippen LogP contribution is -2.18. The second-order valence-corrected chi connectivity index (χ2v) is 6.39. The molecule has 1 aliphatic rings. The molecule has 0 fully saturated rings. The topological polar surface area (TPSA) is 29.5 Å². The van der Waals surface area contributed by atoms with Gasteiger partial charge < -0.3 is 9.64 Å². The Morgan fingerprint density at radius 2 is 2.00 bits per heavy atom. The first-order valence-electron chi connectivity index (χ1n) is 6.78. The molecule has 0 aromatic heterocycles. The predicted octanol–water partition coefficient (Wildman–Crippen LogP) is 3.21. The number of benzene rings is 1. The number of likely N-dealkylation sites (N-methyl/N-ethyl adjacent to an activating group) is 1. The van der Waals surface area contributed by atoms with Crippen molar-refractivity contribution >= 4 is 11.7 Å². The summed E-state index contributed by atoms with van der Waals surface area (Å²) in [6.07, 6.45) is 1.02. The average Bonchev–Trinajstić information content (AvgIpc) is 2.62. The molecule has 1 aromatic carbocycles. The summed E-state index contributed by atoms with van der Waals surface area (Å²) in [4.78, 5) is 13.6. The van der Waals surface area contributed by atoms with Crippen LogP contribution in [0.5, 0.6) is 5.75 Å². The number of fused-ring (bicyclic) bond motifs is 1. The number of hydrogen-bond acceptors (Lipinski definition) is 3. The third-order valence-electron chi connectivity index (χ3n) is 3.79. The van der Waals surface area contributed by atoms with Gasteiger partial charge in [0.05, 0.1) is 0 Å². The third-order valence-corrected chi connectivity index (χ3v) is 3.79. The molecule has 0 atom stereocenters. The van der Waals surface area contributed by atoms with Gasteiger partial charge in [0.25, 0.3) is 0 Å². The number of carbonyl (C=O) groups is 1. The Balaban J connectivity index is 2.67. The van der Waals surface area contributed by atoms with E-state index in [9.17, 15) is 4.79 Å². The Labute approximate surface area is 115 Å². The molecule has 0 radical (unpaired) electrons. The number of ether oxygens (including phenoxy) is 1. The van der Waals surface area contributed by atoms with Crippen LogP contribution in [0.4, 0.5) is 5.69 Å². The van der Waals surface area contributed by atoms with Crippen LogP contribution in [0.2, 0.25) is 0 Å². The summed E-state index contributed by atoms with van der Waals surface area (Å²) in [5.41, 5.74) is 4.76. The molecular formula is C16H23NO2. The highest BCUT2D eigenvalue weighted by atomic mass is 16.5. The lowest BCUT2D eigenvalue weighted by Gasteiger charge is -2.26. The van der Waals surface area contributed by atoms with Crippen molar-refractivity contribution in [3.05, 3.63) is 22.8 Å². The molecule has 0 saturated heterocycles. The molecule has 0 spiro atoms. The van der Waals surface area contributed by atoms with Gasteiger partial charge in [-0.1, -0.05) is 20.8 Å². The van der Waals surface area contributed by atoms with E-state index in [-0.39, 0.29) is 11.4 Å². The number of rotatable bonds is 1. The molecular weight excluding hydrogens is 238 g/mol. The van der Waals surface area contributed by atoms with Crippen LogP contribution in [0.25, 0.3) is 0 Å². The van der Waals surface area contributed by atoms with Crippen molar-refractivity contribution in [2.24, 2.45) is 0 Å². The SMILES string of the molecule is CC(=O)Oc1c(C(C)(C)C)cc2c(c1C)CCN2C. The minimum Gasteiger partial charge on any atom is -0.426 e. The van der Waals surface area contributed by atoms with E-state index in [1.165, 1.54) is 18.2 Å². The summed E-state index contributed by atoms with van der Waals surface area (Å²) < 4.78 is 5.51. The zero-order valence-electron chi connectivity index (χ0n) is 12.8. The Morgan fingerprint density at radius 3 is 2.53 bits per heavy atom. The van der Waals surface area contributed by atoms with Crippen molar-refractivity contribution in [3.63, 3.8) is 0 Å². The van der Waals surface area contributed by atoms with Gasteiger partial charge in [-0.2, -0.15) is 0 Å². The third kappa shape index (κ3) is 2.46. The molecule has 104 valence electrons. The van der Waals surface area contributed by atoms with Gasteiger partial charge >= 0.3 is 5.97 Å². The van der Waals surface area contributed by atoms with Gasteiger partial charge in [-0.3, -0.25) is 4.79 Å². The van der Waals surface area contributed by atoms with E-state index < -0.39 is 0 Å². The van der Waals surface area contributed by atoms with Crippen LogP contribution in [-0.2, 0) is 16.6 Å². The van der Waals surface area contributed by atoms with E-state index in [0.29, 0.717) is 0 Å². The predicted molar refractivity (Wildman–Crippen MR) is 78.2 cm³/mol. The van der Waals surface area contributed by atoms with E-state index >= 15 is 0 Å². The van der Waals surface area contributed by atoms with Gasteiger partial charge in [0, 0.05) is 31.8 Å². The van der Waals surface area contributed by atoms with Gasteiger partial charge in [-0.25, -0.2) is 0 Å². The Hall–Kier alpha value is -1.51. The lowest BCUT2D eigenvalue weighted by atomic mass is 9.83. The highest BCUT2D eigenvalue weighted by Gasteiger charge is 2.28. The van der Waals surface area contributed by atoms with E-state index in [1.54, 1.807) is 0 Å². The van der Waals surface area contributed by atoms with Crippen molar-refractivity contribution in [2.45, 2.75) is 46.5 Å². The Morgan fingerprint density at radius 1 is 1.37 bits per heavy atom. The minimum absolute atomic E-state index is 0.0476. The molecule has 0 unspecified atom stereocenters. The van der Waals surface area contributed by atoms with Crippen molar-refractivity contribution in [3.8, 4) is 5.75 Å². The average molecular weight is 261 g/mol. The Bertz CT molecular complexity index is 527. The van der Waals surface area contributed by atoms with Gasteiger partial charge in [-0.05, 0) is 36.0 Å². The maximum absolute atomic E-state index is 11.4. The van der Waals surface area contributed by atoms with E-state index in [0.717, 1.165) is 29.8 Å². The molecule has 2 rings (SSSR count). The molecule has 0 N–H and O–H groups in total. The fraction of sp³-hybridized carbons (Fsp3) is 0.562. The maximum Gasteiger partial charge on any atom is 0.308 e. The van der Waals surface area contributed by atoms with Crippen LogP contribution in [0, 0.1) is 6.92 Å². The van der Waals surface area contributed by atoms with Gasteiger partial charge in [0.2, 0.25) is 0 Å². The number of carbonyl (C=O) groups excluding carboxylic acids is 1. The largest absolute Gasteiger partial charge is 0.426 e. The van der Waals surface area contributed by atoms with Crippen molar-refractivity contribution in [1.82, 2.24) is 0 Å². The summed E-state index contributed by atoms with van der Waals surface area (Å²) in [5.74, 6) is 0.508. The van der Waals surface area contributed by atoms with Crippen LogP contribution in [0.1, 0.15) is 44.4 Å². The van der Waals surface area contributed by atoms with Gasteiger partial charge in [-0.15, -0.1) is 0 Å². The fourth-order valence-electron chi connectivity index (χ4n) is 2.71. The van der Waals surface area contributed by atoms with E-state index in [4.69, 9.17) is 4.74 Å². The first-order valence-corrected chi connectivity index (χ1v) is 6.78. The molecule has 0 bridgehead atoms. The van der Waals surface area contributed by atoms with Crippen LogP contribution in [0.3, 0.4) is 0 Å². The van der Waals surface area contributed by atoms with Crippen molar-refractivity contribution < 1.29 is 9.53 Å². The summed E-state index contributed by atoms with van der Waals surface area (Å²) >= 11 is 0. The number of hydrogen-bond donors (Lipinski definition) is 0. The fourth-order valence-corrected chi connectivity index (χ4v) is 2.71. The van der Waals surface area contributed by atoms with E-state index in [2.05, 4.69) is 45.7 Å². The quantitative estimate of drug-likeness (QED) is 0.574. The lowest BCUT2D eigenvalue weighted by molar-refractivity contribution is -0.132. The summed E-state index contributed by atoms with van der Waals surface area (Å²) in [7, 11) is 2.11. The normalized spacial score (nSPS) is 14.5. The van der Waals surface area contributed by atoms with Crippen molar-refractivity contribution in [2.75, 3.05) is 18.5 Å². The van der Waals surface area contributed by atoms with Crippen LogP contribution in [-0.4, -0.2) is 19.6 Å². The minimum atomic E-state index is -0.250. The molecule has 19 heavy (non-hydrogen) atoms. The molecule has 1 heterocycles. The number of anilines is 1. The van der Waals surface area contributed by atoms with Crippen LogP contribution < -0.4 is 9.64 Å². The maximum atomic E-state index is 11.4. The highest BCUT2D eigenvalue weighted by molar-refractivity contribution is 5.74. The molecule has 0 saturated carbocycles. The molecule has 1 aliphatic heterocycles. The molecule has 3 heteroatoms. The summed E-state index contributed by atoms with van der Waals surface area (Å²) in [5, 5.41) is 0. The monoisotopic (exact) mass is 261 g/mol. The standard InChI is InChI=1S/C16H23NO2/c1-10-12-7-8-17(6)14(12)9-13(16(3,4)5)15(10)19-11(2)18/h9H,7-8H2,1-6H3. The molecule has 1 aromatic rings.